The van der Waals surface area contributed by atoms with E-state index in [0.717, 1.165) is 28.5 Å². The van der Waals surface area contributed by atoms with Gasteiger partial charge in [-0.3, -0.25) is 0 Å². The molecule has 0 unspecified atom stereocenters. The van der Waals surface area contributed by atoms with Crippen LogP contribution in [0.3, 0.4) is 0 Å². The molecule has 0 spiro atoms. The lowest BCUT2D eigenvalue weighted by Crippen LogP contribution is -2.08. The van der Waals surface area contributed by atoms with Crippen molar-refractivity contribution in [2.75, 3.05) is 0 Å². The molecule has 1 fully saturated rings. The number of benzene rings is 1. The Balaban J connectivity index is 1.93. The third-order valence-corrected chi connectivity index (χ3v) is 4.86. The van der Waals surface area contributed by atoms with Gasteiger partial charge >= 0.3 is 0 Å². The molecule has 3 rings (SSSR count). The molecule has 5 nitrogen and oxygen atoms in total. The highest BCUT2D eigenvalue weighted by atomic mass is 32.2. The summed E-state index contributed by atoms with van der Waals surface area (Å²) < 4.78 is 1.92. The average Bonchev–Trinajstić information content (AvgIpc) is 3.11. The van der Waals surface area contributed by atoms with Crippen LogP contribution in [0.5, 0.6) is 0 Å². The highest BCUT2D eigenvalue weighted by Crippen LogP contribution is 2.36. The highest BCUT2D eigenvalue weighted by molar-refractivity contribution is 7.99. The highest BCUT2D eigenvalue weighted by Gasteiger charge is 2.22. The van der Waals surface area contributed by atoms with Gasteiger partial charge in [0.25, 0.3) is 0 Å². The van der Waals surface area contributed by atoms with Crippen molar-refractivity contribution in [3.8, 4) is 6.07 Å². The van der Waals surface area contributed by atoms with Gasteiger partial charge in [-0.2, -0.15) is 5.26 Å². The second kappa shape index (κ2) is 5.63. The van der Waals surface area contributed by atoms with Crippen LogP contribution in [0.4, 0.5) is 0 Å². The molecule has 0 atom stereocenters. The maximum atomic E-state index is 9.23. The van der Waals surface area contributed by atoms with Crippen LogP contribution in [0.25, 0.3) is 0 Å². The third kappa shape index (κ3) is 2.41. The van der Waals surface area contributed by atoms with E-state index in [-0.39, 0.29) is 0 Å². The molecule has 1 aromatic heterocycles. The summed E-state index contributed by atoms with van der Waals surface area (Å²) in [5, 5.41) is 22.1. The van der Waals surface area contributed by atoms with Crippen molar-refractivity contribution in [3.63, 3.8) is 0 Å². The SMILES string of the molecule is Cc1cccc(C#N)c1Sc1nnnn1C1CCCC1. The van der Waals surface area contributed by atoms with Crippen molar-refractivity contribution in [3.05, 3.63) is 29.3 Å². The molecule has 0 amide bonds. The molecule has 20 heavy (non-hydrogen) atoms. The first-order chi connectivity index (χ1) is 9.79. The van der Waals surface area contributed by atoms with Crippen molar-refractivity contribution < 1.29 is 0 Å². The van der Waals surface area contributed by atoms with Gasteiger partial charge in [-0.1, -0.05) is 25.0 Å². The van der Waals surface area contributed by atoms with Crippen LogP contribution >= 0.6 is 11.8 Å². The molecule has 1 heterocycles. The first-order valence-corrected chi connectivity index (χ1v) is 7.56. The minimum absolute atomic E-state index is 0.405. The van der Waals surface area contributed by atoms with Gasteiger partial charge in [-0.05, 0) is 53.6 Å². The van der Waals surface area contributed by atoms with Gasteiger partial charge in [-0.15, -0.1) is 5.10 Å². The van der Waals surface area contributed by atoms with Gasteiger partial charge in [0.1, 0.15) is 6.07 Å². The van der Waals surface area contributed by atoms with Crippen LogP contribution in [0.15, 0.2) is 28.3 Å². The van der Waals surface area contributed by atoms with Crippen molar-refractivity contribution in [2.24, 2.45) is 0 Å². The Morgan fingerprint density at radius 3 is 2.90 bits per heavy atom. The molecule has 1 aliphatic rings. The molecule has 0 bridgehead atoms. The molecular weight excluding hydrogens is 270 g/mol. The second-order valence-electron chi connectivity index (χ2n) is 5.01. The summed E-state index contributed by atoms with van der Waals surface area (Å²) in [5.41, 5.74) is 1.76. The predicted octanol–water partition coefficient (Wildman–Crippen LogP) is 3.12. The lowest BCUT2D eigenvalue weighted by atomic mass is 10.1. The Hall–Kier alpha value is -1.87. The molecule has 1 aromatic carbocycles. The lowest BCUT2D eigenvalue weighted by Gasteiger charge is -2.12. The summed E-state index contributed by atoms with van der Waals surface area (Å²) in [5.74, 6) is 0. The fraction of sp³-hybridized carbons (Fsp3) is 0.429. The Bertz CT molecular complexity index is 652. The molecule has 1 aliphatic carbocycles. The molecule has 102 valence electrons. The van der Waals surface area contributed by atoms with Crippen molar-refractivity contribution >= 4 is 11.8 Å². The molecule has 6 heteroatoms. The van der Waals surface area contributed by atoms with Crippen molar-refractivity contribution in [2.45, 2.75) is 48.7 Å². The maximum absolute atomic E-state index is 9.23. The Labute approximate surface area is 122 Å². The van der Waals surface area contributed by atoms with Gasteiger partial charge in [-0.25, -0.2) is 4.68 Å². The maximum Gasteiger partial charge on any atom is 0.214 e. The van der Waals surface area contributed by atoms with Crippen LogP contribution in [0.2, 0.25) is 0 Å². The third-order valence-electron chi connectivity index (χ3n) is 3.66. The summed E-state index contributed by atoms with van der Waals surface area (Å²) in [6.45, 7) is 2.01. The fourth-order valence-electron chi connectivity index (χ4n) is 2.60. The number of aryl methyl sites for hydroxylation is 1. The number of hydrogen-bond donors (Lipinski definition) is 0. The van der Waals surface area contributed by atoms with E-state index >= 15 is 0 Å². The van der Waals surface area contributed by atoms with Crippen molar-refractivity contribution in [1.29, 1.82) is 5.26 Å². The molecule has 0 radical (unpaired) electrons. The largest absolute Gasteiger partial charge is 0.217 e. The van der Waals surface area contributed by atoms with Crippen LogP contribution < -0.4 is 0 Å². The van der Waals surface area contributed by atoms with E-state index < -0.39 is 0 Å². The van der Waals surface area contributed by atoms with E-state index in [4.69, 9.17) is 0 Å². The minimum atomic E-state index is 0.405. The molecule has 2 aromatic rings. The van der Waals surface area contributed by atoms with E-state index in [1.165, 1.54) is 24.6 Å². The lowest BCUT2D eigenvalue weighted by molar-refractivity contribution is 0.423. The number of hydrogen-bond acceptors (Lipinski definition) is 5. The standard InChI is InChI=1S/C14H15N5S/c1-10-5-4-6-11(9-15)13(10)20-14-16-17-18-19(14)12-7-2-3-8-12/h4-6,12H,2-3,7-8H2,1H3. The van der Waals surface area contributed by atoms with Crippen LogP contribution in [0.1, 0.15) is 42.9 Å². The van der Waals surface area contributed by atoms with Gasteiger partial charge in [0.2, 0.25) is 5.16 Å². The minimum Gasteiger partial charge on any atom is -0.217 e. The van der Waals surface area contributed by atoms with Crippen LogP contribution in [0, 0.1) is 18.3 Å². The molecule has 0 aliphatic heterocycles. The fourth-order valence-corrected chi connectivity index (χ4v) is 3.59. The number of nitriles is 1. The second-order valence-corrected chi connectivity index (χ2v) is 5.99. The smallest absolute Gasteiger partial charge is 0.214 e. The van der Waals surface area contributed by atoms with Gasteiger partial charge in [0.05, 0.1) is 11.6 Å². The number of aromatic nitrogens is 4. The summed E-state index contributed by atoms with van der Waals surface area (Å²) in [6, 6.07) is 8.38. The van der Waals surface area contributed by atoms with Crippen molar-refractivity contribution in [1.82, 2.24) is 20.2 Å². The zero-order chi connectivity index (χ0) is 13.9. The zero-order valence-corrected chi connectivity index (χ0v) is 12.1. The summed E-state index contributed by atoms with van der Waals surface area (Å²) in [6.07, 6.45) is 4.75. The zero-order valence-electron chi connectivity index (χ0n) is 11.3. The van der Waals surface area contributed by atoms with E-state index in [2.05, 4.69) is 21.6 Å². The number of rotatable bonds is 3. The Morgan fingerprint density at radius 2 is 2.15 bits per heavy atom. The average molecular weight is 285 g/mol. The van der Waals surface area contributed by atoms with Gasteiger partial charge < -0.3 is 0 Å². The Morgan fingerprint density at radius 1 is 1.35 bits per heavy atom. The van der Waals surface area contributed by atoms with Crippen LogP contribution in [-0.2, 0) is 0 Å². The first-order valence-electron chi connectivity index (χ1n) is 6.75. The number of nitrogens with zero attached hydrogens (tertiary/aromatic N) is 5. The quantitative estimate of drug-likeness (QED) is 0.866. The Kier molecular flexibility index (Phi) is 3.70. The molecular formula is C14H15N5S. The van der Waals surface area contributed by atoms with E-state index in [0.29, 0.717) is 11.6 Å². The topological polar surface area (TPSA) is 67.4 Å². The van der Waals surface area contributed by atoms with E-state index in [1.807, 2.05) is 29.8 Å². The van der Waals surface area contributed by atoms with E-state index in [9.17, 15) is 5.26 Å². The summed E-state index contributed by atoms with van der Waals surface area (Å²) in [4.78, 5) is 0.948. The molecule has 0 saturated heterocycles. The number of tetrazole rings is 1. The normalized spacial score (nSPS) is 15.4. The summed E-state index contributed by atoms with van der Waals surface area (Å²) in [7, 11) is 0. The summed E-state index contributed by atoms with van der Waals surface area (Å²) >= 11 is 1.49. The predicted molar refractivity (Wildman–Crippen MR) is 75.3 cm³/mol. The van der Waals surface area contributed by atoms with Crippen LogP contribution in [-0.4, -0.2) is 20.2 Å². The van der Waals surface area contributed by atoms with Gasteiger partial charge in [0.15, 0.2) is 0 Å². The first kappa shape index (κ1) is 13.1. The molecule has 0 N–H and O–H groups in total. The van der Waals surface area contributed by atoms with E-state index in [1.54, 1.807) is 0 Å². The molecule has 1 saturated carbocycles. The monoisotopic (exact) mass is 285 g/mol. The van der Waals surface area contributed by atoms with Gasteiger partial charge in [0, 0.05) is 4.90 Å².